The Bertz CT molecular complexity index is 351. The zero-order valence-corrected chi connectivity index (χ0v) is 10.5. The van der Waals surface area contributed by atoms with Gasteiger partial charge in [-0.2, -0.15) is 0 Å². The molecule has 0 bridgehead atoms. The van der Waals surface area contributed by atoms with Gasteiger partial charge in [0.15, 0.2) is 0 Å². The summed E-state index contributed by atoms with van der Waals surface area (Å²) < 4.78 is 1.16. The Kier molecular flexibility index (Phi) is 3.32. The molecule has 2 nitrogen and oxygen atoms in total. The lowest BCUT2D eigenvalue weighted by molar-refractivity contribution is 0.493. The quantitative estimate of drug-likeness (QED) is 0.885. The van der Waals surface area contributed by atoms with E-state index in [4.69, 9.17) is 5.73 Å². The smallest absolute Gasteiger partial charge is 0.0377 e. The number of rotatable bonds is 3. The van der Waals surface area contributed by atoms with E-state index in [0.717, 1.165) is 17.6 Å². The van der Waals surface area contributed by atoms with E-state index in [1.54, 1.807) is 0 Å². The first kappa shape index (κ1) is 11.0. The molecular formula is C12H17BrN2. The van der Waals surface area contributed by atoms with Gasteiger partial charge in [-0.3, -0.25) is 0 Å². The van der Waals surface area contributed by atoms with E-state index < -0.39 is 0 Å². The first-order valence-corrected chi connectivity index (χ1v) is 6.23. The standard InChI is InChI=1S/C12H17BrN2/c1-8(6-14)4-9-7-15-12-3-2-10(13)5-11(9)12/h2-3,5,8-9,15H,4,6-7,14H2,1H3. The molecule has 15 heavy (non-hydrogen) atoms. The molecule has 0 saturated heterocycles. The molecule has 1 heterocycles. The van der Waals surface area contributed by atoms with Crippen molar-refractivity contribution in [2.75, 3.05) is 18.4 Å². The van der Waals surface area contributed by atoms with E-state index in [2.05, 4.69) is 46.4 Å². The maximum atomic E-state index is 5.67. The van der Waals surface area contributed by atoms with Crippen molar-refractivity contribution in [2.45, 2.75) is 19.3 Å². The minimum Gasteiger partial charge on any atom is -0.384 e. The van der Waals surface area contributed by atoms with Gasteiger partial charge in [0.1, 0.15) is 0 Å². The van der Waals surface area contributed by atoms with Crippen LogP contribution < -0.4 is 11.1 Å². The van der Waals surface area contributed by atoms with Gasteiger partial charge < -0.3 is 11.1 Å². The number of nitrogens with one attached hydrogen (secondary N) is 1. The van der Waals surface area contributed by atoms with Crippen LogP contribution in [0.1, 0.15) is 24.8 Å². The van der Waals surface area contributed by atoms with Crippen LogP contribution in [-0.2, 0) is 0 Å². The van der Waals surface area contributed by atoms with Crippen LogP contribution in [0.4, 0.5) is 5.69 Å². The van der Waals surface area contributed by atoms with Crippen LogP contribution >= 0.6 is 15.9 Å². The largest absolute Gasteiger partial charge is 0.384 e. The van der Waals surface area contributed by atoms with Gasteiger partial charge in [-0.1, -0.05) is 22.9 Å². The fraction of sp³-hybridized carbons (Fsp3) is 0.500. The Morgan fingerprint density at radius 2 is 2.40 bits per heavy atom. The Morgan fingerprint density at radius 1 is 1.60 bits per heavy atom. The third kappa shape index (κ3) is 2.34. The van der Waals surface area contributed by atoms with Gasteiger partial charge in [0.2, 0.25) is 0 Å². The summed E-state index contributed by atoms with van der Waals surface area (Å²) in [5, 5.41) is 3.45. The first-order chi connectivity index (χ1) is 7.20. The number of hydrogen-bond donors (Lipinski definition) is 2. The first-order valence-electron chi connectivity index (χ1n) is 5.44. The van der Waals surface area contributed by atoms with Gasteiger partial charge in [0, 0.05) is 22.6 Å². The number of halogens is 1. The van der Waals surface area contributed by atoms with Crippen LogP contribution in [0.5, 0.6) is 0 Å². The average molecular weight is 269 g/mol. The minimum absolute atomic E-state index is 0.599. The summed E-state index contributed by atoms with van der Waals surface area (Å²) in [5.41, 5.74) is 8.39. The highest BCUT2D eigenvalue weighted by molar-refractivity contribution is 9.10. The highest BCUT2D eigenvalue weighted by Crippen LogP contribution is 2.36. The molecule has 0 fully saturated rings. The molecule has 0 amide bonds. The van der Waals surface area contributed by atoms with E-state index in [1.807, 2.05) is 0 Å². The van der Waals surface area contributed by atoms with E-state index in [-0.39, 0.29) is 0 Å². The number of benzene rings is 1. The second kappa shape index (κ2) is 4.54. The van der Waals surface area contributed by atoms with Gasteiger partial charge in [0.25, 0.3) is 0 Å². The van der Waals surface area contributed by atoms with Crippen molar-refractivity contribution in [2.24, 2.45) is 11.7 Å². The molecule has 0 spiro atoms. The number of hydrogen-bond acceptors (Lipinski definition) is 2. The van der Waals surface area contributed by atoms with E-state index in [9.17, 15) is 0 Å². The van der Waals surface area contributed by atoms with Crippen molar-refractivity contribution in [1.29, 1.82) is 0 Å². The number of nitrogens with two attached hydrogens (primary N) is 1. The van der Waals surface area contributed by atoms with Crippen molar-refractivity contribution in [1.82, 2.24) is 0 Å². The summed E-state index contributed by atoms with van der Waals surface area (Å²) in [4.78, 5) is 0. The van der Waals surface area contributed by atoms with Gasteiger partial charge in [-0.05, 0) is 42.6 Å². The summed E-state index contributed by atoms with van der Waals surface area (Å²) >= 11 is 3.52. The van der Waals surface area contributed by atoms with Crippen molar-refractivity contribution in [3.63, 3.8) is 0 Å². The van der Waals surface area contributed by atoms with E-state index >= 15 is 0 Å². The molecule has 2 atom stereocenters. The SMILES string of the molecule is CC(CN)CC1CNc2ccc(Br)cc21. The van der Waals surface area contributed by atoms with Crippen LogP contribution in [-0.4, -0.2) is 13.1 Å². The van der Waals surface area contributed by atoms with Crippen molar-refractivity contribution < 1.29 is 0 Å². The summed E-state index contributed by atoms with van der Waals surface area (Å²) in [6, 6.07) is 6.45. The maximum Gasteiger partial charge on any atom is 0.0377 e. The molecule has 1 aromatic carbocycles. The summed E-state index contributed by atoms with van der Waals surface area (Å²) in [6.45, 7) is 4.05. The van der Waals surface area contributed by atoms with Crippen LogP contribution in [0.3, 0.4) is 0 Å². The second-order valence-corrected chi connectivity index (χ2v) is 5.30. The summed E-state index contributed by atoms with van der Waals surface area (Å²) in [5.74, 6) is 1.22. The third-order valence-electron chi connectivity index (χ3n) is 3.08. The maximum absolute atomic E-state index is 5.67. The molecule has 82 valence electrons. The summed E-state index contributed by atoms with van der Waals surface area (Å²) in [7, 11) is 0. The topological polar surface area (TPSA) is 38.0 Å². The van der Waals surface area contributed by atoms with Gasteiger partial charge in [-0.15, -0.1) is 0 Å². The lowest BCUT2D eigenvalue weighted by Gasteiger charge is -2.14. The highest BCUT2D eigenvalue weighted by Gasteiger charge is 2.23. The number of fused-ring (bicyclic) bond motifs is 1. The fourth-order valence-corrected chi connectivity index (χ4v) is 2.55. The molecule has 0 aliphatic carbocycles. The molecule has 2 unspecified atom stereocenters. The molecule has 0 radical (unpaired) electrons. The Balaban J connectivity index is 2.16. The third-order valence-corrected chi connectivity index (χ3v) is 3.57. The zero-order chi connectivity index (χ0) is 10.8. The average Bonchev–Trinajstić information content (AvgIpc) is 2.61. The van der Waals surface area contributed by atoms with Crippen LogP contribution in [0.2, 0.25) is 0 Å². The minimum atomic E-state index is 0.599. The van der Waals surface area contributed by atoms with Crippen molar-refractivity contribution in [3.8, 4) is 0 Å². The van der Waals surface area contributed by atoms with Gasteiger partial charge in [0.05, 0.1) is 0 Å². The predicted octanol–water partition coefficient (Wildman–Crippen LogP) is 2.94. The van der Waals surface area contributed by atoms with Crippen molar-refractivity contribution in [3.05, 3.63) is 28.2 Å². The Hall–Kier alpha value is -0.540. The van der Waals surface area contributed by atoms with Crippen molar-refractivity contribution >= 4 is 21.6 Å². The predicted molar refractivity (Wildman–Crippen MR) is 68.2 cm³/mol. The molecule has 2 rings (SSSR count). The second-order valence-electron chi connectivity index (χ2n) is 4.39. The lowest BCUT2D eigenvalue weighted by Crippen LogP contribution is -2.15. The van der Waals surface area contributed by atoms with Crippen LogP contribution in [0.15, 0.2) is 22.7 Å². The zero-order valence-electron chi connectivity index (χ0n) is 8.96. The van der Waals surface area contributed by atoms with Crippen LogP contribution in [0, 0.1) is 5.92 Å². The monoisotopic (exact) mass is 268 g/mol. The highest BCUT2D eigenvalue weighted by atomic mass is 79.9. The Labute approximate surface area is 99.4 Å². The lowest BCUT2D eigenvalue weighted by atomic mass is 9.91. The van der Waals surface area contributed by atoms with E-state index in [0.29, 0.717) is 11.8 Å². The molecule has 0 saturated carbocycles. The van der Waals surface area contributed by atoms with Gasteiger partial charge >= 0.3 is 0 Å². The molecular weight excluding hydrogens is 252 g/mol. The van der Waals surface area contributed by atoms with Crippen LogP contribution in [0.25, 0.3) is 0 Å². The molecule has 3 heteroatoms. The van der Waals surface area contributed by atoms with E-state index in [1.165, 1.54) is 17.7 Å². The summed E-state index contributed by atoms with van der Waals surface area (Å²) in [6.07, 6.45) is 1.17. The molecule has 0 aromatic heterocycles. The molecule has 1 aliphatic heterocycles. The normalized spacial score (nSPS) is 20.9. The Morgan fingerprint density at radius 3 is 3.13 bits per heavy atom. The fourth-order valence-electron chi connectivity index (χ4n) is 2.17. The molecule has 1 aromatic rings. The number of anilines is 1. The molecule has 1 aliphatic rings. The molecule has 3 N–H and O–H groups in total. The van der Waals surface area contributed by atoms with Gasteiger partial charge in [-0.25, -0.2) is 0 Å².